The van der Waals surface area contributed by atoms with E-state index in [4.69, 9.17) is 4.74 Å². The van der Waals surface area contributed by atoms with Crippen molar-refractivity contribution in [1.82, 2.24) is 10.3 Å². The third-order valence-corrected chi connectivity index (χ3v) is 4.16. The van der Waals surface area contributed by atoms with Crippen molar-refractivity contribution < 1.29 is 9.53 Å². The second-order valence-corrected chi connectivity index (χ2v) is 6.02. The number of pyridine rings is 1. The molecule has 0 bridgehead atoms. The van der Waals surface area contributed by atoms with Gasteiger partial charge in [-0.3, -0.25) is 9.78 Å². The van der Waals surface area contributed by atoms with E-state index < -0.39 is 0 Å². The van der Waals surface area contributed by atoms with Gasteiger partial charge in [0, 0.05) is 24.5 Å². The van der Waals surface area contributed by atoms with Gasteiger partial charge in [0.05, 0.1) is 0 Å². The number of amides is 1. The maximum Gasteiger partial charge on any atom is 0.251 e. The zero-order valence-electron chi connectivity index (χ0n) is 14.8. The summed E-state index contributed by atoms with van der Waals surface area (Å²) in [5.41, 5.74) is 3.97. The molecule has 1 N–H and O–H groups in total. The summed E-state index contributed by atoms with van der Waals surface area (Å²) in [4.78, 5) is 16.2. The molecule has 26 heavy (non-hydrogen) atoms. The summed E-state index contributed by atoms with van der Waals surface area (Å²) < 4.78 is 5.79. The Morgan fingerprint density at radius 3 is 2.19 bits per heavy atom. The van der Waals surface area contributed by atoms with E-state index in [1.54, 1.807) is 12.4 Å². The summed E-state index contributed by atoms with van der Waals surface area (Å²) in [6, 6.07) is 19.4. The first-order chi connectivity index (χ1) is 12.7. The summed E-state index contributed by atoms with van der Waals surface area (Å²) in [5, 5.41) is 2.91. The van der Waals surface area contributed by atoms with Gasteiger partial charge in [0.2, 0.25) is 0 Å². The molecule has 4 nitrogen and oxygen atoms in total. The van der Waals surface area contributed by atoms with Crippen LogP contribution in [-0.4, -0.2) is 10.9 Å². The number of hydrogen-bond donors (Lipinski definition) is 1. The molecule has 2 aromatic carbocycles. The number of nitrogens with one attached hydrogen (secondary N) is 1. The molecule has 0 aliphatic rings. The number of aryl methyl sites for hydroxylation is 1. The highest BCUT2D eigenvalue weighted by atomic mass is 16.5. The molecule has 1 amide bonds. The molecule has 0 aliphatic heterocycles. The number of rotatable bonds is 7. The normalized spacial score (nSPS) is 10.3. The van der Waals surface area contributed by atoms with E-state index in [-0.39, 0.29) is 5.91 Å². The third kappa shape index (κ3) is 4.93. The van der Waals surface area contributed by atoms with Gasteiger partial charge >= 0.3 is 0 Å². The van der Waals surface area contributed by atoms with Crippen LogP contribution >= 0.6 is 0 Å². The fourth-order valence-electron chi connectivity index (χ4n) is 2.53. The summed E-state index contributed by atoms with van der Waals surface area (Å²) >= 11 is 0. The molecule has 0 saturated heterocycles. The predicted octanol–water partition coefficient (Wildman–Crippen LogP) is 4.15. The minimum absolute atomic E-state index is 0.0931. The first-order valence-corrected chi connectivity index (χ1v) is 8.72. The lowest BCUT2D eigenvalue weighted by Gasteiger charge is -2.08. The van der Waals surface area contributed by atoms with Gasteiger partial charge in [-0.25, -0.2) is 0 Å². The lowest BCUT2D eigenvalue weighted by Crippen LogP contribution is -2.22. The van der Waals surface area contributed by atoms with Crippen LogP contribution in [0, 0.1) is 0 Å². The molecule has 0 fully saturated rings. The molecule has 0 aliphatic carbocycles. The van der Waals surface area contributed by atoms with Crippen LogP contribution in [0.4, 0.5) is 0 Å². The van der Waals surface area contributed by atoms with E-state index in [2.05, 4.69) is 29.4 Å². The molecule has 132 valence electrons. The summed E-state index contributed by atoms with van der Waals surface area (Å²) in [5.74, 6) is 0.755. The second-order valence-electron chi connectivity index (χ2n) is 6.02. The molecule has 0 unspecified atom stereocenters. The van der Waals surface area contributed by atoms with Crippen molar-refractivity contribution in [3.05, 3.63) is 95.3 Å². The molecule has 3 rings (SSSR count). The van der Waals surface area contributed by atoms with Gasteiger partial charge in [0.25, 0.3) is 5.91 Å². The number of ether oxygens (including phenoxy) is 1. The van der Waals surface area contributed by atoms with E-state index in [0.29, 0.717) is 18.7 Å². The van der Waals surface area contributed by atoms with Crippen molar-refractivity contribution in [2.24, 2.45) is 0 Å². The van der Waals surface area contributed by atoms with Crippen molar-refractivity contribution in [2.75, 3.05) is 0 Å². The summed E-state index contributed by atoms with van der Waals surface area (Å²) in [6.07, 6.45) is 4.45. The topological polar surface area (TPSA) is 51.2 Å². The van der Waals surface area contributed by atoms with Crippen LogP contribution in [-0.2, 0) is 19.6 Å². The van der Waals surface area contributed by atoms with Crippen LogP contribution < -0.4 is 10.1 Å². The molecule has 0 saturated carbocycles. The first kappa shape index (κ1) is 17.7. The van der Waals surface area contributed by atoms with E-state index in [0.717, 1.165) is 23.3 Å². The van der Waals surface area contributed by atoms with Gasteiger partial charge in [-0.2, -0.15) is 0 Å². The van der Waals surface area contributed by atoms with E-state index in [1.165, 1.54) is 5.56 Å². The average molecular weight is 346 g/mol. The van der Waals surface area contributed by atoms with Gasteiger partial charge in [0.15, 0.2) is 0 Å². The van der Waals surface area contributed by atoms with Crippen LogP contribution in [0.25, 0.3) is 0 Å². The Morgan fingerprint density at radius 1 is 0.885 bits per heavy atom. The van der Waals surface area contributed by atoms with Crippen LogP contribution in [0.15, 0.2) is 73.1 Å². The molecule has 1 aromatic heterocycles. The lowest BCUT2D eigenvalue weighted by atomic mass is 10.1. The zero-order chi connectivity index (χ0) is 18.2. The Bertz CT molecular complexity index is 828. The molecular weight excluding hydrogens is 324 g/mol. The average Bonchev–Trinajstić information content (AvgIpc) is 2.72. The van der Waals surface area contributed by atoms with Gasteiger partial charge in [-0.15, -0.1) is 0 Å². The Morgan fingerprint density at radius 2 is 1.54 bits per heavy atom. The molecule has 3 aromatic rings. The molecule has 0 atom stereocenters. The minimum Gasteiger partial charge on any atom is -0.489 e. The molecular formula is C22H22N2O2. The second kappa shape index (κ2) is 8.81. The number of carbonyl (C=O) groups excluding carboxylic acids is 1. The summed E-state index contributed by atoms with van der Waals surface area (Å²) in [6.45, 7) is 3.09. The van der Waals surface area contributed by atoms with Crippen molar-refractivity contribution in [3.63, 3.8) is 0 Å². The highest BCUT2D eigenvalue weighted by molar-refractivity contribution is 5.94. The van der Waals surface area contributed by atoms with Crippen LogP contribution in [0.5, 0.6) is 5.75 Å². The maximum absolute atomic E-state index is 12.2. The zero-order valence-corrected chi connectivity index (χ0v) is 14.8. The van der Waals surface area contributed by atoms with Crippen LogP contribution in [0.1, 0.15) is 34.0 Å². The van der Waals surface area contributed by atoms with Crippen molar-refractivity contribution in [1.29, 1.82) is 0 Å². The van der Waals surface area contributed by atoms with Crippen molar-refractivity contribution in [3.8, 4) is 5.75 Å². The highest BCUT2D eigenvalue weighted by Gasteiger charge is 2.05. The van der Waals surface area contributed by atoms with Crippen molar-refractivity contribution in [2.45, 2.75) is 26.5 Å². The van der Waals surface area contributed by atoms with Gasteiger partial charge < -0.3 is 10.1 Å². The third-order valence-electron chi connectivity index (χ3n) is 4.16. The minimum atomic E-state index is -0.0931. The van der Waals surface area contributed by atoms with Gasteiger partial charge in [0.1, 0.15) is 12.4 Å². The van der Waals surface area contributed by atoms with E-state index >= 15 is 0 Å². The number of benzene rings is 2. The monoisotopic (exact) mass is 346 g/mol. The number of carbonyl (C=O) groups is 1. The number of hydrogen-bond acceptors (Lipinski definition) is 3. The Balaban J connectivity index is 1.51. The maximum atomic E-state index is 12.2. The van der Waals surface area contributed by atoms with E-state index in [1.807, 2.05) is 48.5 Å². The fraction of sp³-hybridized carbons (Fsp3) is 0.182. The molecule has 0 spiro atoms. The smallest absolute Gasteiger partial charge is 0.251 e. The van der Waals surface area contributed by atoms with Gasteiger partial charge in [-0.1, -0.05) is 31.2 Å². The van der Waals surface area contributed by atoms with E-state index in [9.17, 15) is 4.79 Å². The fourth-order valence-corrected chi connectivity index (χ4v) is 2.53. The van der Waals surface area contributed by atoms with Crippen LogP contribution in [0.3, 0.4) is 0 Å². The number of aromatic nitrogens is 1. The molecule has 0 radical (unpaired) electrons. The van der Waals surface area contributed by atoms with Crippen molar-refractivity contribution >= 4 is 5.91 Å². The highest BCUT2D eigenvalue weighted by Crippen LogP contribution is 2.15. The Kier molecular flexibility index (Phi) is 5.99. The quantitative estimate of drug-likeness (QED) is 0.699. The summed E-state index contributed by atoms with van der Waals surface area (Å²) in [7, 11) is 0. The molecule has 1 heterocycles. The largest absolute Gasteiger partial charge is 0.489 e. The van der Waals surface area contributed by atoms with Crippen LogP contribution in [0.2, 0.25) is 0 Å². The molecule has 4 heteroatoms. The standard InChI is InChI=1S/C22H22N2O2/c1-2-17-5-9-21(10-6-17)26-16-19-3-7-20(8-4-19)22(25)24-15-18-11-13-23-14-12-18/h3-14H,2,15-16H2,1H3,(H,24,25). The Labute approximate surface area is 153 Å². The SMILES string of the molecule is CCc1ccc(OCc2ccc(C(=O)NCc3ccncc3)cc2)cc1. The van der Waals surface area contributed by atoms with Gasteiger partial charge in [-0.05, 0) is 59.5 Å². The predicted molar refractivity (Wildman–Crippen MR) is 102 cm³/mol. The first-order valence-electron chi connectivity index (χ1n) is 8.72. The number of nitrogens with zero attached hydrogens (tertiary/aromatic N) is 1. The Hall–Kier alpha value is -3.14. The lowest BCUT2D eigenvalue weighted by molar-refractivity contribution is 0.0951.